The molecule has 0 bridgehead atoms. The van der Waals surface area contributed by atoms with Gasteiger partial charge in [-0.15, -0.1) is 0 Å². The van der Waals surface area contributed by atoms with Gasteiger partial charge in [0.2, 0.25) is 10.0 Å². The van der Waals surface area contributed by atoms with Gasteiger partial charge in [-0.05, 0) is 66.3 Å². The van der Waals surface area contributed by atoms with Crippen molar-refractivity contribution < 1.29 is 13.2 Å². The van der Waals surface area contributed by atoms with Crippen LogP contribution in [0.5, 0.6) is 0 Å². The summed E-state index contributed by atoms with van der Waals surface area (Å²) in [4.78, 5) is 12.6. The highest BCUT2D eigenvalue weighted by atomic mass is 32.2. The van der Waals surface area contributed by atoms with E-state index in [9.17, 15) is 13.2 Å². The van der Waals surface area contributed by atoms with Crippen LogP contribution in [0.25, 0.3) is 0 Å². The van der Waals surface area contributed by atoms with Gasteiger partial charge in [0.05, 0.1) is 18.5 Å². The Labute approximate surface area is 191 Å². The van der Waals surface area contributed by atoms with Crippen molar-refractivity contribution >= 4 is 21.6 Å². The molecule has 0 fully saturated rings. The van der Waals surface area contributed by atoms with Crippen LogP contribution in [0.4, 0.5) is 5.69 Å². The summed E-state index contributed by atoms with van der Waals surface area (Å²) in [6.07, 6.45) is 1.21. The third kappa shape index (κ3) is 6.20. The summed E-state index contributed by atoms with van der Waals surface area (Å²) in [5.41, 5.74) is 5.18. The van der Waals surface area contributed by atoms with E-state index in [1.54, 1.807) is 24.3 Å². The van der Waals surface area contributed by atoms with Gasteiger partial charge in [0, 0.05) is 12.1 Å². The van der Waals surface area contributed by atoms with E-state index < -0.39 is 10.0 Å². The predicted molar refractivity (Wildman–Crippen MR) is 131 cm³/mol. The van der Waals surface area contributed by atoms with E-state index in [0.29, 0.717) is 17.8 Å². The summed E-state index contributed by atoms with van der Waals surface area (Å²) >= 11 is 0. The molecule has 5 nitrogen and oxygen atoms in total. The van der Waals surface area contributed by atoms with Gasteiger partial charge in [-0.25, -0.2) is 8.42 Å². The Kier molecular flexibility index (Phi) is 7.36. The molecule has 32 heavy (non-hydrogen) atoms. The number of nitrogens with zero attached hydrogens (tertiary/aromatic N) is 1. The average Bonchev–Trinajstić information content (AvgIpc) is 2.75. The highest BCUT2D eigenvalue weighted by Gasteiger charge is 2.19. The zero-order valence-electron chi connectivity index (χ0n) is 19.0. The molecular formula is C26H30N2O3S. The molecule has 3 rings (SSSR count). The largest absolute Gasteiger partial charge is 0.351 e. The molecule has 0 aromatic heterocycles. The Morgan fingerprint density at radius 3 is 2.09 bits per heavy atom. The highest BCUT2D eigenvalue weighted by molar-refractivity contribution is 7.92. The SMILES string of the molecule is Cc1cc(C)cc(N(Cc2ccc(C(=O)NC[C@@H](C)c3ccccc3)cc2)S(C)(=O)=O)c1. The van der Waals surface area contributed by atoms with Crippen LogP contribution < -0.4 is 9.62 Å². The average molecular weight is 451 g/mol. The first-order valence-electron chi connectivity index (χ1n) is 10.6. The minimum Gasteiger partial charge on any atom is -0.351 e. The van der Waals surface area contributed by atoms with Crippen molar-refractivity contribution in [3.05, 3.63) is 101 Å². The summed E-state index contributed by atoms with van der Waals surface area (Å²) in [5.74, 6) is 0.0640. The number of hydrogen-bond donors (Lipinski definition) is 1. The molecule has 3 aromatic rings. The van der Waals surface area contributed by atoms with Crippen molar-refractivity contribution in [3.63, 3.8) is 0 Å². The molecule has 168 valence electrons. The maximum atomic E-state index is 12.6. The molecule has 1 atom stereocenters. The summed E-state index contributed by atoms with van der Waals surface area (Å²) in [7, 11) is -3.47. The maximum Gasteiger partial charge on any atom is 0.251 e. The van der Waals surface area contributed by atoms with Crippen molar-refractivity contribution in [2.75, 3.05) is 17.1 Å². The minimum absolute atomic E-state index is 0.145. The Morgan fingerprint density at radius 2 is 1.53 bits per heavy atom. The zero-order valence-corrected chi connectivity index (χ0v) is 19.8. The van der Waals surface area contributed by atoms with Crippen LogP contribution in [0.2, 0.25) is 0 Å². The van der Waals surface area contributed by atoms with Gasteiger partial charge in [0.25, 0.3) is 5.91 Å². The number of sulfonamides is 1. The highest BCUT2D eigenvalue weighted by Crippen LogP contribution is 2.24. The van der Waals surface area contributed by atoms with Crippen molar-refractivity contribution in [2.24, 2.45) is 0 Å². The van der Waals surface area contributed by atoms with Crippen LogP contribution >= 0.6 is 0 Å². The van der Waals surface area contributed by atoms with Crippen molar-refractivity contribution in [1.29, 1.82) is 0 Å². The van der Waals surface area contributed by atoms with Crippen molar-refractivity contribution in [2.45, 2.75) is 33.2 Å². The molecule has 1 amide bonds. The normalized spacial score (nSPS) is 12.2. The first-order valence-corrected chi connectivity index (χ1v) is 12.5. The number of amides is 1. The van der Waals surface area contributed by atoms with Crippen LogP contribution in [-0.2, 0) is 16.6 Å². The maximum absolute atomic E-state index is 12.6. The van der Waals surface area contributed by atoms with Crippen molar-refractivity contribution in [3.8, 4) is 0 Å². The molecule has 0 unspecified atom stereocenters. The van der Waals surface area contributed by atoms with E-state index >= 15 is 0 Å². The monoisotopic (exact) mass is 450 g/mol. The first-order chi connectivity index (χ1) is 15.1. The second kappa shape index (κ2) is 10.0. The second-order valence-corrected chi connectivity index (χ2v) is 10.2. The Hall–Kier alpha value is -3.12. The summed E-state index contributed by atoms with van der Waals surface area (Å²) in [6, 6.07) is 22.9. The Balaban J connectivity index is 1.69. The number of aryl methyl sites for hydroxylation is 2. The van der Waals surface area contributed by atoms with Gasteiger partial charge in [-0.3, -0.25) is 9.10 Å². The Bertz CT molecular complexity index is 1150. The fourth-order valence-corrected chi connectivity index (χ4v) is 4.54. The zero-order chi connectivity index (χ0) is 23.3. The molecule has 0 aliphatic carbocycles. The Morgan fingerprint density at radius 1 is 0.938 bits per heavy atom. The molecule has 0 saturated heterocycles. The molecule has 6 heteroatoms. The van der Waals surface area contributed by atoms with E-state index in [1.807, 2.05) is 50.2 Å². The third-order valence-electron chi connectivity index (χ3n) is 5.37. The second-order valence-electron chi connectivity index (χ2n) is 8.33. The number of hydrogen-bond acceptors (Lipinski definition) is 3. The fourth-order valence-electron chi connectivity index (χ4n) is 3.67. The molecule has 0 radical (unpaired) electrons. The number of carbonyl (C=O) groups is 1. The molecule has 0 aliphatic rings. The quantitative estimate of drug-likeness (QED) is 0.536. The molecular weight excluding hydrogens is 420 g/mol. The van der Waals surface area contributed by atoms with Crippen LogP contribution in [0.1, 0.15) is 45.5 Å². The fraction of sp³-hybridized carbons (Fsp3) is 0.269. The van der Waals surface area contributed by atoms with Crippen LogP contribution in [0, 0.1) is 13.8 Å². The molecule has 0 aliphatic heterocycles. The topological polar surface area (TPSA) is 66.5 Å². The van der Waals surface area contributed by atoms with Crippen molar-refractivity contribution in [1.82, 2.24) is 5.32 Å². The molecule has 3 aromatic carbocycles. The van der Waals surface area contributed by atoms with E-state index in [2.05, 4.69) is 24.4 Å². The van der Waals surface area contributed by atoms with Gasteiger partial charge in [-0.1, -0.05) is 55.5 Å². The lowest BCUT2D eigenvalue weighted by Crippen LogP contribution is -2.29. The summed E-state index contributed by atoms with van der Waals surface area (Å²) in [6.45, 7) is 6.71. The van der Waals surface area contributed by atoms with E-state index in [1.165, 1.54) is 16.1 Å². The standard InChI is InChI=1S/C26H30N2O3S/c1-19-14-20(2)16-25(15-19)28(32(4,30)31)18-22-10-12-24(13-11-22)26(29)27-17-21(3)23-8-6-5-7-9-23/h5-16,21H,17-18H2,1-4H3,(H,27,29)/t21-/m1/s1. The third-order valence-corrected chi connectivity index (χ3v) is 6.52. The molecule has 1 N–H and O–H groups in total. The smallest absolute Gasteiger partial charge is 0.251 e. The van der Waals surface area contributed by atoms with Gasteiger partial charge in [0.1, 0.15) is 0 Å². The number of nitrogens with one attached hydrogen (secondary N) is 1. The van der Waals surface area contributed by atoms with Gasteiger partial charge >= 0.3 is 0 Å². The van der Waals surface area contributed by atoms with E-state index in [0.717, 1.165) is 16.7 Å². The predicted octanol–water partition coefficient (Wildman–Crippen LogP) is 4.80. The van der Waals surface area contributed by atoms with Crippen LogP contribution in [-0.4, -0.2) is 27.1 Å². The number of carbonyl (C=O) groups excluding carboxylic acids is 1. The summed E-state index contributed by atoms with van der Waals surface area (Å²) in [5, 5.41) is 2.97. The molecule has 0 spiro atoms. The van der Waals surface area contributed by atoms with Gasteiger partial charge < -0.3 is 5.32 Å². The molecule has 0 saturated carbocycles. The van der Waals surface area contributed by atoms with Crippen LogP contribution in [0.3, 0.4) is 0 Å². The minimum atomic E-state index is -3.47. The summed E-state index contributed by atoms with van der Waals surface area (Å²) < 4.78 is 26.3. The lowest BCUT2D eigenvalue weighted by atomic mass is 10.0. The number of anilines is 1. The van der Waals surface area contributed by atoms with Crippen LogP contribution in [0.15, 0.2) is 72.8 Å². The lowest BCUT2D eigenvalue weighted by molar-refractivity contribution is 0.0951. The van der Waals surface area contributed by atoms with E-state index in [-0.39, 0.29) is 18.4 Å². The number of benzene rings is 3. The first kappa shape index (κ1) is 23.5. The lowest BCUT2D eigenvalue weighted by Gasteiger charge is -2.23. The molecule has 0 heterocycles. The number of rotatable bonds is 8. The van der Waals surface area contributed by atoms with Gasteiger partial charge in [-0.2, -0.15) is 0 Å². The van der Waals surface area contributed by atoms with E-state index in [4.69, 9.17) is 0 Å². The van der Waals surface area contributed by atoms with Gasteiger partial charge in [0.15, 0.2) is 0 Å².